The molecule has 3 aromatic heterocycles. The van der Waals surface area contributed by atoms with Gasteiger partial charge in [0.2, 0.25) is 5.95 Å². The number of rotatable bonds is 6. The Kier molecular flexibility index (Phi) is 5.07. The van der Waals surface area contributed by atoms with E-state index in [1.165, 1.54) is 0 Å². The number of hydrogen-bond donors (Lipinski definition) is 1. The second-order valence-electron chi connectivity index (χ2n) is 6.51. The number of fused-ring (bicyclic) bond motifs is 1. The zero-order chi connectivity index (χ0) is 19.0. The Balaban J connectivity index is 1.68. The van der Waals surface area contributed by atoms with E-state index >= 15 is 0 Å². The molecule has 0 aliphatic carbocycles. The summed E-state index contributed by atoms with van der Waals surface area (Å²) < 4.78 is 22.6. The highest BCUT2D eigenvalue weighted by molar-refractivity contribution is 9.10. The summed E-state index contributed by atoms with van der Waals surface area (Å²) in [7, 11) is 0. The number of likely N-dealkylation sites (tertiary alicyclic amines) is 1. The number of aromatic nitrogens is 4. The first-order valence-corrected chi connectivity index (χ1v) is 9.60. The van der Waals surface area contributed by atoms with Crippen LogP contribution < -0.4 is 5.73 Å². The number of ether oxygens (including phenoxy) is 1. The van der Waals surface area contributed by atoms with E-state index in [4.69, 9.17) is 10.5 Å². The quantitative estimate of drug-likeness (QED) is 0.474. The van der Waals surface area contributed by atoms with Crippen molar-refractivity contribution in [1.29, 1.82) is 0 Å². The first-order valence-electron chi connectivity index (χ1n) is 8.81. The second kappa shape index (κ2) is 7.49. The summed E-state index contributed by atoms with van der Waals surface area (Å²) in [6.45, 7) is 6.22. The lowest BCUT2D eigenvalue weighted by Gasteiger charge is -2.40. The molecule has 0 unspecified atom stereocenters. The number of pyridine rings is 1. The zero-order valence-corrected chi connectivity index (χ0v) is 16.5. The van der Waals surface area contributed by atoms with Crippen LogP contribution in [0.15, 0.2) is 29.3 Å². The molecule has 0 saturated carbocycles. The summed E-state index contributed by atoms with van der Waals surface area (Å²) in [6, 6.07) is 2.18. The third-order valence-electron chi connectivity index (χ3n) is 4.79. The molecular formula is C18H20BrFN6O. The van der Waals surface area contributed by atoms with Crippen molar-refractivity contribution in [2.75, 3.05) is 38.6 Å². The van der Waals surface area contributed by atoms with Gasteiger partial charge in [0, 0.05) is 43.4 Å². The highest BCUT2D eigenvalue weighted by atomic mass is 79.9. The smallest absolute Gasteiger partial charge is 0.220 e. The molecule has 142 valence electrons. The molecule has 9 heteroatoms. The van der Waals surface area contributed by atoms with Crippen LogP contribution in [0, 0.1) is 5.82 Å². The van der Waals surface area contributed by atoms with E-state index in [-0.39, 0.29) is 11.6 Å². The average molecular weight is 435 g/mol. The maximum atomic E-state index is 14.4. The highest BCUT2D eigenvalue weighted by Gasteiger charge is 2.30. The summed E-state index contributed by atoms with van der Waals surface area (Å²) >= 11 is 3.40. The van der Waals surface area contributed by atoms with Crippen molar-refractivity contribution in [1.82, 2.24) is 24.4 Å². The van der Waals surface area contributed by atoms with Crippen LogP contribution in [0.2, 0.25) is 0 Å². The molecule has 0 spiro atoms. The van der Waals surface area contributed by atoms with Gasteiger partial charge >= 0.3 is 0 Å². The number of anilines is 1. The van der Waals surface area contributed by atoms with Crippen molar-refractivity contribution >= 4 is 32.8 Å². The largest absolute Gasteiger partial charge is 0.380 e. The predicted molar refractivity (Wildman–Crippen MR) is 105 cm³/mol. The maximum absolute atomic E-state index is 14.4. The summed E-state index contributed by atoms with van der Waals surface area (Å²) in [5.74, 6) is -0.450. The molecule has 1 aliphatic heterocycles. The van der Waals surface area contributed by atoms with E-state index in [0.717, 1.165) is 49.9 Å². The fourth-order valence-corrected chi connectivity index (χ4v) is 3.75. The van der Waals surface area contributed by atoms with E-state index in [9.17, 15) is 4.39 Å². The van der Waals surface area contributed by atoms with Gasteiger partial charge in [-0.1, -0.05) is 0 Å². The molecule has 1 aliphatic rings. The molecular weight excluding hydrogens is 415 g/mol. The first-order chi connectivity index (χ1) is 13.1. The van der Waals surface area contributed by atoms with Gasteiger partial charge in [-0.05, 0) is 28.9 Å². The third-order valence-corrected chi connectivity index (χ3v) is 5.22. The summed E-state index contributed by atoms with van der Waals surface area (Å²) in [5, 5.41) is 0.877. The van der Waals surface area contributed by atoms with Crippen LogP contribution in [0.5, 0.6) is 0 Å². The fourth-order valence-electron chi connectivity index (χ4n) is 3.42. The van der Waals surface area contributed by atoms with Crippen molar-refractivity contribution in [2.24, 2.45) is 0 Å². The molecule has 3 aromatic rings. The molecule has 0 radical (unpaired) electrons. The van der Waals surface area contributed by atoms with Crippen LogP contribution in [-0.2, 0) is 4.74 Å². The molecule has 27 heavy (non-hydrogen) atoms. The Morgan fingerprint density at radius 1 is 1.33 bits per heavy atom. The topological polar surface area (TPSA) is 82.1 Å². The van der Waals surface area contributed by atoms with Crippen LogP contribution in [-0.4, -0.2) is 57.3 Å². The van der Waals surface area contributed by atoms with E-state index in [0.29, 0.717) is 16.2 Å². The van der Waals surface area contributed by atoms with Crippen molar-refractivity contribution in [3.63, 3.8) is 0 Å². The normalized spacial score (nSPS) is 15.4. The number of nitrogens with two attached hydrogens (primary N) is 1. The van der Waals surface area contributed by atoms with Crippen molar-refractivity contribution in [3.8, 4) is 11.3 Å². The van der Waals surface area contributed by atoms with Crippen molar-refractivity contribution in [2.45, 2.75) is 13.0 Å². The van der Waals surface area contributed by atoms with Gasteiger partial charge in [-0.15, -0.1) is 0 Å². The van der Waals surface area contributed by atoms with Gasteiger partial charge < -0.3 is 15.0 Å². The van der Waals surface area contributed by atoms with Crippen LogP contribution in [0.4, 0.5) is 10.3 Å². The van der Waals surface area contributed by atoms with Crippen LogP contribution in [0.25, 0.3) is 22.2 Å². The lowest BCUT2D eigenvalue weighted by atomic mass is 10.1. The van der Waals surface area contributed by atoms with Gasteiger partial charge in [-0.3, -0.25) is 4.90 Å². The fraction of sp³-hybridized carbons (Fsp3) is 0.389. The predicted octanol–water partition coefficient (Wildman–Crippen LogP) is 2.87. The standard InChI is InChI=1S/C18H20BrFN6O/c1-2-27-4-3-25-8-11(9-25)26-10-13(12-5-16(19)22-7-15(12)26)17-14(20)6-23-18(21)24-17/h5-7,10-11H,2-4,8-9H2,1H3,(H2,21,23,24). The van der Waals surface area contributed by atoms with E-state index in [2.05, 4.69) is 40.3 Å². The van der Waals surface area contributed by atoms with Crippen molar-refractivity contribution < 1.29 is 9.13 Å². The van der Waals surface area contributed by atoms with Gasteiger partial charge in [-0.2, -0.15) is 0 Å². The van der Waals surface area contributed by atoms with Gasteiger partial charge in [0.15, 0.2) is 5.82 Å². The number of halogens is 2. The molecule has 4 heterocycles. The average Bonchev–Trinajstić information content (AvgIpc) is 2.97. The van der Waals surface area contributed by atoms with E-state index < -0.39 is 5.82 Å². The van der Waals surface area contributed by atoms with Crippen LogP contribution in [0.1, 0.15) is 13.0 Å². The number of nitrogen functional groups attached to an aromatic ring is 1. The monoisotopic (exact) mass is 434 g/mol. The molecule has 1 fully saturated rings. The van der Waals surface area contributed by atoms with Crippen LogP contribution >= 0.6 is 15.9 Å². The van der Waals surface area contributed by atoms with E-state index in [1.54, 1.807) is 6.20 Å². The van der Waals surface area contributed by atoms with Gasteiger partial charge in [-0.25, -0.2) is 19.3 Å². The Labute approximate surface area is 164 Å². The van der Waals surface area contributed by atoms with E-state index in [1.807, 2.05) is 19.2 Å². The minimum Gasteiger partial charge on any atom is -0.380 e. The Bertz CT molecular complexity index is 972. The number of nitrogens with zero attached hydrogens (tertiary/aromatic N) is 5. The highest BCUT2D eigenvalue weighted by Crippen LogP contribution is 2.36. The summed E-state index contributed by atoms with van der Waals surface area (Å²) in [5.41, 5.74) is 7.52. The first kappa shape index (κ1) is 18.3. The third kappa shape index (κ3) is 3.54. The molecule has 0 bridgehead atoms. The molecule has 2 N–H and O–H groups in total. The molecule has 7 nitrogen and oxygen atoms in total. The van der Waals surface area contributed by atoms with Gasteiger partial charge in [0.1, 0.15) is 10.3 Å². The Morgan fingerprint density at radius 3 is 2.93 bits per heavy atom. The Morgan fingerprint density at radius 2 is 2.15 bits per heavy atom. The molecule has 0 atom stereocenters. The van der Waals surface area contributed by atoms with Crippen LogP contribution in [0.3, 0.4) is 0 Å². The second-order valence-corrected chi connectivity index (χ2v) is 7.32. The zero-order valence-electron chi connectivity index (χ0n) is 14.9. The lowest BCUT2D eigenvalue weighted by Crippen LogP contribution is -2.48. The summed E-state index contributed by atoms with van der Waals surface area (Å²) in [6.07, 6.45) is 4.85. The molecule has 0 aromatic carbocycles. The Hall–Kier alpha value is -2.10. The minimum absolute atomic E-state index is 0.0474. The lowest BCUT2D eigenvalue weighted by molar-refractivity contribution is 0.0579. The number of hydrogen-bond acceptors (Lipinski definition) is 6. The van der Waals surface area contributed by atoms with Gasteiger partial charge in [0.25, 0.3) is 0 Å². The summed E-state index contributed by atoms with van der Waals surface area (Å²) in [4.78, 5) is 14.5. The molecule has 4 rings (SSSR count). The SMILES string of the molecule is CCOCCN1CC(n2cc(-c3nc(N)ncc3F)c3cc(Br)ncc32)C1. The minimum atomic E-state index is -0.497. The molecule has 0 amide bonds. The maximum Gasteiger partial charge on any atom is 0.220 e. The van der Waals surface area contributed by atoms with Gasteiger partial charge in [0.05, 0.1) is 30.6 Å². The molecule has 1 saturated heterocycles. The van der Waals surface area contributed by atoms with Crippen molar-refractivity contribution in [3.05, 3.63) is 35.1 Å².